The lowest BCUT2D eigenvalue weighted by Gasteiger charge is -2.39. The Morgan fingerprint density at radius 1 is 1.03 bits per heavy atom. The van der Waals surface area contributed by atoms with Gasteiger partial charge in [-0.2, -0.15) is 0 Å². The standard InChI is InChI=1S/C24H35N3O2/c1-24(2,3)26-22(28)15-27-20-8-9-21(27)11-16(10-20)14-25-23(29)19-12-17-6-4-5-7-18(17)13-19/h4-7,16,19-21H,8-15H2,1-3H3,(H,25,29)(H,26,28)/t16?,20-,21+. The number of amides is 2. The minimum Gasteiger partial charge on any atom is -0.356 e. The highest BCUT2D eigenvalue weighted by Crippen LogP contribution is 2.38. The van der Waals surface area contributed by atoms with Gasteiger partial charge in [-0.15, -0.1) is 0 Å². The normalized spacial score (nSPS) is 26.9. The summed E-state index contributed by atoms with van der Waals surface area (Å²) in [7, 11) is 0. The van der Waals surface area contributed by atoms with Crippen LogP contribution in [0.4, 0.5) is 0 Å². The van der Waals surface area contributed by atoms with Crippen LogP contribution in [0, 0.1) is 11.8 Å². The number of nitrogens with one attached hydrogen (secondary N) is 2. The molecule has 1 aromatic carbocycles. The summed E-state index contributed by atoms with van der Waals surface area (Å²) in [5, 5.41) is 6.34. The molecule has 5 nitrogen and oxygen atoms in total. The van der Waals surface area contributed by atoms with Crippen molar-refractivity contribution >= 4 is 11.8 Å². The van der Waals surface area contributed by atoms with Gasteiger partial charge in [-0.3, -0.25) is 14.5 Å². The monoisotopic (exact) mass is 397 g/mol. The number of nitrogens with zero attached hydrogens (tertiary/aromatic N) is 1. The molecule has 0 aromatic heterocycles. The van der Waals surface area contributed by atoms with Gasteiger partial charge < -0.3 is 10.6 Å². The van der Waals surface area contributed by atoms with Crippen LogP contribution in [0.1, 0.15) is 57.6 Å². The molecule has 3 atom stereocenters. The van der Waals surface area contributed by atoms with Crippen LogP contribution in [0.15, 0.2) is 24.3 Å². The van der Waals surface area contributed by atoms with Gasteiger partial charge in [0.05, 0.1) is 6.54 Å². The largest absolute Gasteiger partial charge is 0.356 e. The van der Waals surface area contributed by atoms with Crippen LogP contribution in [-0.4, -0.2) is 47.4 Å². The van der Waals surface area contributed by atoms with Crippen LogP contribution in [0.3, 0.4) is 0 Å². The zero-order valence-electron chi connectivity index (χ0n) is 18.0. The van der Waals surface area contributed by atoms with Crippen LogP contribution in [-0.2, 0) is 22.4 Å². The Morgan fingerprint density at radius 2 is 1.62 bits per heavy atom. The Morgan fingerprint density at radius 3 is 2.17 bits per heavy atom. The van der Waals surface area contributed by atoms with Crippen LogP contribution in [0.2, 0.25) is 0 Å². The molecule has 4 rings (SSSR count). The molecule has 1 aromatic rings. The molecular formula is C24H35N3O2. The van der Waals surface area contributed by atoms with E-state index in [4.69, 9.17) is 0 Å². The van der Waals surface area contributed by atoms with Crippen molar-refractivity contribution in [3.05, 3.63) is 35.4 Å². The second kappa shape index (κ2) is 8.10. The van der Waals surface area contributed by atoms with Gasteiger partial charge in [0.25, 0.3) is 0 Å². The second-order valence-electron chi connectivity index (χ2n) is 10.3. The van der Waals surface area contributed by atoms with E-state index in [1.54, 1.807) is 0 Å². The highest BCUT2D eigenvalue weighted by atomic mass is 16.2. The lowest BCUT2D eigenvalue weighted by Crippen LogP contribution is -2.52. The van der Waals surface area contributed by atoms with E-state index in [9.17, 15) is 9.59 Å². The molecule has 0 spiro atoms. The highest BCUT2D eigenvalue weighted by Gasteiger charge is 2.41. The van der Waals surface area contributed by atoms with Gasteiger partial charge in [0.2, 0.25) is 11.8 Å². The first kappa shape index (κ1) is 20.4. The number of fused-ring (bicyclic) bond motifs is 3. The third-order valence-corrected chi connectivity index (χ3v) is 6.81. The van der Waals surface area contributed by atoms with E-state index in [-0.39, 0.29) is 23.3 Å². The van der Waals surface area contributed by atoms with E-state index in [1.165, 1.54) is 24.0 Å². The van der Waals surface area contributed by atoms with Gasteiger partial charge in [0.1, 0.15) is 0 Å². The first-order chi connectivity index (χ1) is 13.8. The highest BCUT2D eigenvalue weighted by molar-refractivity contribution is 5.80. The van der Waals surface area contributed by atoms with Crippen molar-refractivity contribution in [2.24, 2.45) is 11.8 Å². The molecule has 2 saturated heterocycles. The first-order valence-electron chi connectivity index (χ1n) is 11.2. The predicted octanol–water partition coefficient (Wildman–Crippen LogP) is 2.68. The Hall–Kier alpha value is -1.88. The third-order valence-electron chi connectivity index (χ3n) is 6.81. The molecule has 158 valence electrons. The topological polar surface area (TPSA) is 61.4 Å². The predicted molar refractivity (Wildman–Crippen MR) is 114 cm³/mol. The van der Waals surface area contributed by atoms with Crippen molar-refractivity contribution in [3.63, 3.8) is 0 Å². The Kier molecular flexibility index (Phi) is 5.69. The molecule has 2 N–H and O–H groups in total. The summed E-state index contributed by atoms with van der Waals surface area (Å²) in [4.78, 5) is 27.5. The maximum absolute atomic E-state index is 12.7. The second-order valence-corrected chi connectivity index (χ2v) is 10.3. The number of rotatable bonds is 5. The summed E-state index contributed by atoms with van der Waals surface area (Å²) in [6.45, 7) is 7.36. The Bertz CT molecular complexity index is 731. The van der Waals surface area contributed by atoms with Gasteiger partial charge in [-0.05, 0) is 76.3 Å². The fraction of sp³-hybridized carbons (Fsp3) is 0.667. The van der Waals surface area contributed by atoms with E-state index in [0.717, 1.165) is 32.2 Å². The van der Waals surface area contributed by atoms with E-state index < -0.39 is 0 Å². The van der Waals surface area contributed by atoms with Gasteiger partial charge in [0, 0.05) is 30.1 Å². The molecule has 29 heavy (non-hydrogen) atoms. The van der Waals surface area contributed by atoms with Crippen LogP contribution < -0.4 is 10.6 Å². The molecule has 2 bridgehead atoms. The van der Waals surface area contributed by atoms with E-state index in [2.05, 4.69) is 39.8 Å². The minimum atomic E-state index is -0.182. The average Bonchev–Trinajstić information content (AvgIpc) is 3.16. The van der Waals surface area contributed by atoms with Gasteiger partial charge in [-0.1, -0.05) is 24.3 Å². The van der Waals surface area contributed by atoms with Crippen molar-refractivity contribution in [3.8, 4) is 0 Å². The van der Waals surface area contributed by atoms with Crippen molar-refractivity contribution in [2.45, 2.75) is 76.9 Å². The summed E-state index contributed by atoms with van der Waals surface area (Å²) in [5.41, 5.74) is 2.47. The average molecular weight is 398 g/mol. The fourth-order valence-corrected chi connectivity index (χ4v) is 5.57. The quantitative estimate of drug-likeness (QED) is 0.803. The summed E-state index contributed by atoms with van der Waals surface area (Å²) in [6.07, 6.45) is 6.27. The molecular weight excluding hydrogens is 362 g/mol. The number of carbonyl (C=O) groups is 2. The molecule has 5 heteroatoms. The maximum atomic E-state index is 12.7. The maximum Gasteiger partial charge on any atom is 0.234 e. The molecule has 1 unspecified atom stereocenters. The Labute approximate surface area is 174 Å². The van der Waals surface area contributed by atoms with Gasteiger partial charge in [0.15, 0.2) is 0 Å². The molecule has 2 amide bonds. The summed E-state index contributed by atoms with van der Waals surface area (Å²) in [6, 6.07) is 9.38. The summed E-state index contributed by atoms with van der Waals surface area (Å²) >= 11 is 0. The molecule has 1 aliphatic carbocycles. The fourth-order valence-electron chi connectivity index (χ4n) is 5.57. The van der Waals surface area contributed by atoms with Crippen molar-refractivity contribution in [1.29, 1.82) is 0 Å². The summed E-state index contributed by atoms with van der Waals surface area (Å²) in [5.74, 6) is 0.954. The van der Waals surface area contributed by atoms with Crippen LogP contribution >= 0.6 is 0 Å². The lowest BCUT2D eigenvalue weighted by atomic mass is 9.90. The molecule has 2 heterocycles. The first-order valence-corrected chi connectivity index (χ1v) is 11.2. The van der Waals surface area contributed by atoms with Crippen LogP contribution in [0.5, 0.6) is 0 Å². The number of piperidine rings is 1. The number of hydrogen-bond acceptors (Lipinski definition) is 3. The van der Waals surface area contributed by atoms with E-state index in [1.807, 2.05) is 20.8 Å². The SMILES string of the molecule is CC(C)(C)NC(=O)CN1[C@@H]2CC[C@H]1CC(CNC(=O)C1Cc3ccccc3C1)C2. The van der Waals surface area contributed by atoms with Gasteiger partial charge >= 0.3 is 0 Å². The molecule has 3 aliphatic rings. The zero-order valence-corrected chi connectivity index (χ0v) is 18.0. The zero-order chi connectivity index (χ0) is 20.6. The number of carbonyl (C=O) groups excluding carboxylic acids is 2. The van der Waals surface area contributed by atoms with E-state index >= 15 is 0 Å². The van der Waals surface area contributed by atoms with E-state index in [0.29, 0.717) is 24.5 Å². The lowest BCUT2D eigenvalue weighted by molar-refractivity contribution is -0.125. The smallest absolute Gasteiger partial charge is 0.234 e. The molecule has 2 aliphatic heterocycles. The molecule has 0 radical (unpaired) electrons. The minimum absolute atomic E-state index is 0.0882. The van der Waals surface area contributed by atoms with Crippen molar-refractivity contribution < 1.29 is 9.59 Å². The van der Waals surface area contributed by atoms with Crippen molar-refractivity contribution in [1.82, 2.24) is 15.5 Å². The van der Waals surface area contributed by atoms with Crippen molar-refractivity contribution in [2.75, 3.05) is 13.1 Å². The number of hydrogen-bond donors (Lipinski definition) is 2. The molecule has 0 saturated carbocycles. The summed E-state index contributed by atoms with van der Waals surface area (Å²) < 4.78 is 0. The van der Waals surface area contributed by atoms with Crippen LogP contribution in [0.25, 0.3) is 0 Å². The Balaban J connectivity index is 1.24. The molecule has 2 fully saturated rings. The van der Waals surface area contributed by atoms with Gasteiger partial charge in [-0.25, -0.2) is 0 Å². The number of benzene rings is 1. The third kappa shape index (κ3) is 4.82.